The van der Waals surface area contributed by atoms with Gasteiger partial charge in [-0.2, -0.15) is 0 Å². The Labute approximate surface area is 166 Å². The maximum Gasteiger partial charge on any atom is 0.229 e. The van der Waals surface area contributed by atoms with E-state index in [1.165, 1.54) is 20.8 Å². The number of sulfonamides is 2. The highest BCUT2D eigenvalue weighted by Crippen LogP contribution is 2.29. The van der Waals surface area contributed by atoms with Crippen LogP contribution in [0.15, 0.2) is 48.5 Å². The summed E-state index contributed by atoms with van der Waals surface area (Å²) in [6, 6.07) is 13.5. The fraction of sp³-hybridized carbons (Fsp3) is 0.368. The molecule has 28 heavy (non-hydrogen) atoms. The van der Waals surface area contributed by atoms with Crippen molar-refractivity contribution in [3.8, 4) is 11.1 Å². The Morgan fingerprint density at radius 2 is 1.61 bits per heavy atom. The zero-order chi connectivity index (χ0) is 21.2. The first-order valence-electron chi connectivity index (χ1n) is 8.66. The van der Waals surface area contributed by atoms with Crippen LogP contribution in [0, 0.1) is 0 Å². The third-order valence-electron chi connectivity index (χ3n) is 4.21. The molecule has 0 bridgehead atoms. The van der Waals surface area contributed by atoms with Crippen molar-refractivity contribution >= 4 is 25.7 Å². The van der Waals surface area contributed by atoms with Crippen LogP contribution in [0.3, 0.4) is 0 Å². The maximum absolute atomic E-state index is 15.0. The normalized spacial score (nSPS) is 14.6. The van der Waals surface area contributed by atoms with E-state index in [4.69, 9.17) is 0 Å². The molecule has 1 atom stereocenters. The molecular formula is C19H25FN2O4S2. The molecule has 0 radical (unpaired) electrons. The fourth-order valence-corrected chi connectivity index (χ4v) is 3.85. The van der Waals surface area contributed by atoms with Crippen LogP contribution in [-0.4, -0.2) is 34.9 Å². The summed E-state index contributed by atoms with van der Waals surface area (Å²) in [7, 11) is -6.94. The molecule has 2 aromatic carbocycles. The summed E-state index contributed by atoms with van der Waals surface area (Å²) in [5.74, 6) is 0. The molecule has 2 N–H and O–H groups in total. The minimum Gasteiger partial charge on any atom is -0.284 e. The second-order valence-electron chi connectivity index (χ2n) is 7.14. The molecule has 0 aliphatic carbocycles. The molecule has 0 aromatic heterocycles. The zero-order valence-electron chi connectivity index (χ0n) is 16.2. The molecular weight excluding hydrogens is 403 g/mol. The smallest absolute Gasteiger partial charge is 0.229 e. The summed E-state index contributed by atoms with van der Waals surface area (Å²) in [5, 5.41) is -0.640. The number of halogens is 1. The van der Waals surface area contributed by atoms with Crippen molar-refractivity contribution in [3.05, 3.63) is 54.1 Å². The van der Waals surface area contributed by atoms with Gasteiger partial charge in [-0.3, -0.25) is 4.72 Å². The average molecular weight is 429 g/mol. The van der Waals surface area contributed by atoms with Crippen LogP contribution in [0.1, 0.15) is 26.3 Å². The zero-order valence-corrected chi connectivity index (χ0v) is 17.9. The molecule has 0 saturated carbocycles. The maximum atomic E-state index is 15.0. The van der Waals surface area contributed by atoms with E-state index in [1.807, 2.05) is 6.07 Å². The SMILES string of the molecule is CC(C)S(=O)(=O)NC[C@](C)(F)c1ccc(-c2cccc(NS(C)(=O)=O)c2)cc1. The van der Waals surface area contributed by atoms with E-state index in [9.17, 15) is 21.2 Å². The van der Waals surface area contributed by atoms with E-state index in [1.54, 1.807) is 42.5 Å². The molecule has 6 nitrogen and oxygen atoms in total. The van der Waals surface area contributed by atoms with Gasteiger partial charge >= 0.3 is 0 Å². The summed E-state index contributed by atoms with van der Waals surface area (Å²) in [4.78, 5) is 0. The molecule has 2 aromatic rings. The third-order valence-corrected chi connectivity index (χ3v) is 6.61. The Kier molecular flexibility index (Phi) is 6.52. The molecule has 0 aliphatic rings. The highest BCUT2D eigenvalue weighted by Gasteiger charge is 2.29. The Morgan fingerprint density at radius 1 is 1.00 bits per heavy atom. The van der Waals surface area contributed by atoms with E-state index in [0.29, 0.717) is 11.3 Å². The lowest BCUT2D eigenvalue weighted by molar-refractivity contribution is 0.196. The third kappa shape index (κ3) is 6.02. The summed E-state index contributed by atoms with van der Waals surface area (Å²) >= 11 is 0. The van der Waals surface area contributed by atoms with Gasteiger partial charge in [0, 0.05) is 12.2 Å². The number of hydrogen-bond donors (Lipinski definition) is 2. The van der Waals surface area contributed by atoms with Crippen molar-refractivity contribution in [1.29, 1.82) is 0 Å². The monoisotopic (exact) mass is 428 g/mol. The lowest BCUT2D eigenvalue weighted by Crippen LogP contribution is -2.39. The molecule has 9 heteroatoms. The van der Waals surface area contributed by atoms with Crippen molar-refractivity contribution in [3.63, 3.8) is 0 Å². The number of alkyl halides is 1. The van der Waals surface area contributed by atoms with Crippen molar-refractivity contribution in [2.24, 2.45) is 0 Å². The highest BCUT2D eigenvalue weighted by molar-refractivity contribution is 7.92. The van der Waals surface area contributed by atoms with Gasteiger partial charge in [-0.15, -0.1) is 0 Å². The molecule has 0 saturated heterocycles. The minimum atomic E-state index is -3.56. The van der Waals surface area contributed by atoms with Crippen LogP contribution in [-0.2, 0) is 25.7 Å². The van der Waals surface area contributed by atoms with E-state index < -0.39 is 31.0 Å². The molecule has 0 heterocycles. The standard InChI is InChI=1S/C19H25FN2O4S2/c1-14(2)28(25,26)21-13-19(3,20)17-10-8-15(9-11-17)16-6-5-7-18(12-16)22-27(4,23)24/h5-12,14,21-22H,13H2,1-4H3/t19-/m0/s1. The van der Waals surface area contributed by atoms with Gasteiger partial charge in [-0.1, -0.05) is 36.4 Å². The van der Waals surface area contributed by atoms with Crippen molar-refractivity contribution < 1.29 is 21.2 Å². The summed E-state index contributed by atoms with van der Waals surface area (Å²) in [6.07, 6.45) is 1.07. The fourth-order valence-electron chi connectivity index (χ4n) is 2.49. The van der Waals surface area contributed by atoms with E-state index >= 15 is 0 Å². The van der Waals surface area contributed by atoms with E-state index in [2.05, 4.69) is 9.44 Å². The van der Waals surface area contributed by atoms with Crippen molar-refractivity contribution in [2.75, 3.05) is 17.5 Å². The molecule has 0 aliphatic heterocycles. The Bertz CT molecular complexity index is 1030. The van der Waals surface area contributed by atoms with E-state index in [0.717, 1.165) is 17.4 Å². The molecule has 0 unspecified atom stereocenters. The van der Waals surface area contributed by atoms with Gasteiger partial charge < -0.3 is 0 Å². The van der Waals surface area contributed by atoms with Gasteiger partial charge in [0.2, 0.25) is 20.0 Å². The lowest BCUT2D eigenvalue weighted by atomic mass is 9.95. The van der Waals surface area contributed by atoms with Gasteiger partial charge in [0.25, 0.3) is 0 Å². The van der Waals surface area contributed by atoms with Crippen molar-refractivity contribution in [2.45, 2.75) is 31.7 Å². The second-order valence-corrected chi connectivity index (χ2v) is 11.2. The first-order valence-corrected chi connectivity index (χ1v) is 12.1. The Morgan fingerprint density at radius 3 is 2.14 bits per heavy atom. The van der Waals surface area contributed by atoms with Crippen LogP contribution < -0.4 is 9.44 Å². The van der Waals surface area contributed by atoms with Crippen LogP contribution in [0.4, 0.5) is 10.1 Å². The summed E-state index contributed by atoms with van der Waals surface area (Å²) in [6.45, 7) is 4.01. The minimum absolute atomic E-state index is 0.341. The van der Waals surface area contributed by atoms with Crippen molar-refractivity contribution in [1.82, 2.24) is 4.72 Å². The number of hydrogen-bond acceptors (Lipinski definition) is 4. The summed E-state index contributed by atoms with van der Waals surface area (Å²) in [5.41, 5.74) is 0.441. The average Bonchev–Trinajstić information content (AvgIpc) is 2.59. The predicted molar refractivity (Wildman–Crippen MR) is 111 cm³/mol. The number of benzene rings is 2. The van der Waals surface area contributed by atoms with Gasteiger partial charge in [0.1, 0.15) is 5.67 Å². The number of anilines is 1. The molecule has 0 amide bonds. The van der Waals surface area contributed by atoms with Gasteiger partial charge in [0.15, 0.2) is 0 Å². The Balaban J connectivity index is 2.20. The molecule has 2 rings (SSSR count). The van der Waals surface area contributed by atoms with E-state index in [-0.39, 0.29) is 6.54 Å². The van der Waals surface area contributed by atoms with Gasteiger partial charge in [-0.05, 0) is 49.6 Å². The number of rotatable bonds is 8. The largest absolute Gasteiger partial charge is 0.284 e. The lowest BCUT2D eigenvalue weighted by Gasteiger charge is -2.22. The van der Waals surface area contributed by atoms with Gasteiger partial charge in [0.05, 0.1) is 11.5 Å². The highest BCUT2D eigenvalue weighted by atomic mass is 32.2. The van der Waals surface area contributed by atoms with Crippen LogP contribution >= 0.6 is 0 Å². The first-order chi connectivity index (χ1) is 12.8. The number of nitrogens with one attached hydrogen (secondary N) is 2. The van der Waals surface area contributed by atoms with Crippen LogP contribution in [0.2, 0.25) is 0 Å². The molecule has 0 spiro atoms. The van der Waals surface area contributed by atoms with Crippen LogP contribution in [0.25, 0.3) is 11.1 Å². The predicted octanol–water partition coefficient (Wildman–Crippen LogP) is 3.24. The van der Waals surface area contributed by atoms with Gasteiger partial charge in [-0.25, -0.2) is 25.9 Å². The van der Waals surface area contributed by atoms with Crippen LogP contribution in [0.5, 0.6) is 0 Å². The molecule has 154 valence electrons. The summed E-state index contributed by atoms with van der Waals surface area (Å²) < 4.78 is 66.2. The second kappa shape index (κ2) is 8.18. The quantitative estimate of drug-likeness (QED) is 0.675. The topological polar surface area (TPSA) is 92.3 Å². The Hall–Kier alpha value is -1.97. The first kappa shape index (κ1) is 22.3. The molecule has 0 fully saturated rings.